The van der Waals surface area contributed by atoms with E-state index in [0.717, 1.165) is 0 Å². The van der Waals surface area contributed by atoms with Crippen LogP contribution in [0.5, 0.6) is 17.2 Å². The lowest BCUT2D eigenvalue weighted by molar-refractivity contribution is -0.0503. The Kier molecular flexibility index (Phi) is 6.32. The number of methoxy groups -OCH3 is 1. The lowest BCUT2D eigenvalue weighted by atomic mass is 9.86. The molecule has 0 atom stereocenters. The number of pyridine rings is 1. The molecular weight excluding hydrogens is 408 g/mol. The van der Waals surface area contributed by atoms with Gasteiger partial charge in [-0.15, -0.1) is 0 Å². The summed E-state index contributed by atoms with van der Waals surface area (Å²) in [5.74, 6) is 0.802. The fourth-order valence-electron chi connectivity index (χ4n) is 3.28. The fraction of sp³-hybridized carbons (Fsp3) is 0.364. The molecule has 0 spiro atoms. The van der Waals surface area contributed by atoms with E-state index < -0.39 is 12.0 Å². The maximum Gasteiger partial charge on any atom is 0.387 e. The number of aliphatic hydroxyl groups excluding tert-OH is 1. The van der Waals surface area contributed by atoms with Crippen LogP contribution in [-0.4, -0.2) is 41.4 Å². The first kappa shape index (κ1) is 22.3. The van der Waals surface area contributed by atoms with E-state index in [4.69, 9.17) is 9.47 Å². The summed E-state index contributed by atoms with van der Waals surface area (Å²) < 4.78 is 43.2. The monoisotopic (exact) mass is 431 g/mol. The highest BCUT2D eigenvalue weighted by Gasteiger charge is 2.26. The molecule has 9 heteroatoms. The first-order chi connectivity index (χ1) is 14.7. The molecule has 0 saturated heterocycles. The molecule has 0 aliphatic rings. The van der Waals surface area contributed by atoms with E-state index in [9.17, 15) is 19.1 Å². The Bertz CT molecular complexity index is 1140. The Hall–Kier alpha value is -3.38. The molecule has 3 rings (SSSR count). The molecule has 2 heterocycles. The summed E-state index contributed by atoms with van der Waals surface area (Å²) in [5, 5.41) is 18.7. The van der Waals surface area contributed by atoms with Crippen LogP contribution < -0.4 is 14.2 Å². The number of nitriles is 1. The number of imidazole rings is 1. The minimum Gasteiger partial charge on any atom is -0.496 e. The van der Waals surface area contributed by atoms with E-state index in [2.05, 4.69) is 15.8 Å². The van der Waals surface area contributed by atoms with E-state index in [-0.39, 0.29) is 19.0 Å². The minimum absolute atomic E-state index is 0.00159. The molecule has 0 radical (unpaired) electrons. The predicted molar refractivity (Wildman–Crippen MR) is 110 cm³/mol. The standard InChI is InChI=1S/C22H23F2N3O4/c1-13-17(29-4)7-14(8-18(13)31-21(23)24)16-10-26-20-9-15(22(2,3)12-25)19(11-27(16)20)30-6-5-28/h7-11,21,28H,5-6H2,1-4H3. The first-order valence-electron chi connectivity index (χ1n) is 9.52. The number of ether oxygens (including phenoxy) is 3. The Morgan fingerprint density at radius 3 is 2.55 bits per heavy atom. The van der Waals surface area contributed by atoms with Crippen molar-refractivity contribution in [3.63, 3.8) is 0 Å². The zero-order valence-electron chi connectivity index (χ0n) is 17.6. The van der Waals surface area contributed by atoms with Crippen molar-refractivity contribution >= 4 is 5.65 Å². The highest BCUT2D eigenvalue weighted by Crippen LogP contribution is 2.37. The van der Waals surface area contributed by atoms with E-state index >= 15 is 0 Å². The van der Waals surface area contributed by atoms with Crippen molar-refractivity contribution in [1.82, 2.24) is 9.38 Å². The minimum atomic E-state index is -2.98. The normalized spacial score (nSPS) is 11.6. The highest BCUT2D eigenvalue weighted by atomic mass is 19.3. The van der Waals surface area contributed by atoms with Gasteiger partial charge in [-0.05, 0) is 39.0 Å². The van der Waals surface area contributed by atoms with Gasteiger partial charge in [0.1, 0.15) is 29.5 Å². The summed E-state index contributed by atoms with van der Waals surface area (Å²) in [6.45, 7) is 2.03. The summed E-state index contributed by atoms with van der Waals surface area (Å²) >= 11 is 0. The average Bonchev–Trinajstić information content (AvgIpc) is 3.15. The van der Waals surface area contributed by atoms with Gasteiger partial charge in [-0.1, -0.05) is 0 Å². The average molecular weight is 431 g/mol. The SMILES string of the molecule is COc1cc(-c2cnc3cc(C(C)(C)C#N)c(OCCO)cn23)cc(OC(F)F)c1C. The summed E-state index contributed by atoms with van der Waals surface area (Å²) in [7, 11) is 1.45. The van der Waals surface area contributed by atoms with Crippen molar-refractivity contribution in [2.45, 2.75) is 32.8 Å². The molecule has 1 aromatic carbocycles. The van der Waals surface area contributed by atoms with E-state index in [0.29, 0.717) is 39.5 Å². The van der Waals surface area contributed by atoms with Crippen LogP contribution >= 0.6 is 0 Å². The third kappa shape index (κ3) is 4.39. The number of hydrogen-bond acceptors (Lipinski definition) is 6. The second-order valence-electron chi connectivity index (χ2n) is 7.41. The molecule has 0 unspecified atom stereocenters. The molecule has 31 heavy (non-hydrogen) atoms. The zero-order chi connectivity index (χ0) is 22.8. The fourth-order valence-corrected chi connectivity index (χ4v) is 3.28. The zero-order valence-corrected chi connectivity index (χ0v) is 17.6. The topological polar surface area (TPSA) is 89.0 Å². The van der Waals surface area contributed by atoms with Crippen LogP contribution in [0.1, 0.15) is 25.0 Å². The molecule has 3 aromatic rings. The van der Waals surface area contributed by atoms with Gasteiger partial charge in [-0.3, -0.25) is 4.40 Å². The number of aromatic nitrogens is 2. The largest absolute Gasteiger partial charge is 0.496 e. The highest BCUT2D eigenvalue weighted by molar-refractivity contribution is 5.70. The molecule has 0 fully saturated rings. The third-order valence-corrected chi connectivity index (χ3v) is 4.96. The van der Waals surface area contributed by atoms with Crippen LogP contribution in [0.3, 0.4) is 0 Å². The molecule has 0 saturated carbocycles. The number of hydrogen-bond donors (Lipinski definition) is 1. The van der Waals surface area contributed by atoms with E-state index in [1.807, 2.05) is 0 Å². The number of benzene rings is 1. The second-order valence-corrected chi connectivity index (χ2v) is 7.41. The number of alkyl halides is 2. The van der Waals surface area contributed by atoms with E-state index in [1.54, 1.807) is 49.7 Å². The molecule has 7 nitrogen and oxygen atoms in total. The van der Waals surface area contributed by atoms with Gasteiger partial charge in [0.25, 0.3) is 0 Å². The van der Waals surface area contributed by atoms with Crippen LogP contribution in [0.2, 0.25) is 0 Å². The molecule has 164 valence electrons. The maximum absolute atomic E-state index is 12.9. The molecular formula is C22H23F2N3O4. The second kappa shape index (κ2) is 8.78. The summed E-state index contributed by atoms with van der Waals surface area (Å²) in [5.41, 5.74) is 1.89. The summed E-state index contributed by atoms with van der Waals surface area (Å²) in [6, 6.07) is 7.18. The molecule has 0 bridgehead atoms. The predicted octanol–water partition coefficient (Wildman–Crippen LogP) is 4.09. The van der Waals surface area contributed by atoms with Gasteiger partial charge < -0.3 is 19.3 Å². The van der Waals surface area contributed by atoms with Crippen molar-refractivity contribution < 1.29 is 28.1 Å². The van der Waals surface area contributed by atoms with Gasteiger partial charge in [-0.2, -0.15) is 14.0 Å². The number of aliphatic hydroxyl groups is 1. The molecule has 0 amide bonds. The number of nitrogens with zero attached hydrogens (tertiary/aromatic N) is 3. The summed E-state index contributed by atoms with van der Waals surface area (Å²) in [4.78, 5) is 4.41. The number of fused-ring (bicyclic) bond motifs is 1. The first-order valence-corrected chi connectivity index (χ1v) is 9.52. The Labute approximate surface area is 178 Å². The molecule has 0 aliphatic carbocycles. The van der Waals surface area contributed by atoms with Gasteiger partial charge >= 0.3 is 6.61 Å². The van der Waals surface area contributed by atoms with Gasteiger partial charge in [-0.25, -0.2) is 4.98 Å². The molecule has 2 aromatic heterocycles. The third-order valence-electron chi connectivity index (χ3n) is 4.96. The van der Waals surface area contributed by atoms with Gasteiger partial charge in [0.15, 0.2) is 0 Å². The lowest BCUT2D eigenvalue weighted by Crippen LogP contribution is -2.17. The Morgan fingerprint density at radius 2 is 1.94 bits per heavy atom. The van der Waals surface area contributed by atoms with Crippen molar-refractivity contribution in [1.29, 1.82) is 5.26 Å². The van der Waals surface area contributed by atoms with Crippen molar-refractivity contribution in [2.75, 3.05) is 20.3 Å². The smallest absolute Gasteiger partial charge is 0.387 e. The van der Waals surface area contributed by atoms with Crippen molar-refractivity contribution in [3.05, 3.63) is 41.7 Å². The summed E-state index contributed by atoms with van der Waals surface area (Å²) in [6.07, 6.45) is 3.26. The maximum atomic E-state index is 12.9. The van der Waals surface area contributed by atoms with Gasteiger partial charge in [0.2, 0.25) is 0 Å². The van der Waals surface area contributed by atoms with Crippen LogP contribution in [0, 0.1) is 18.3 Å². The van der Waals surface area contributed by atoms with Crippen LogP contribution in [-0.2, 0) is 5.41 Å². The van der Waals surface area contributed by atoms with E-state index in [1.165, 1.54) is 13.2 Å². The van der Waals surface area contributed by atoms with Crippen molar-refractivity contribution in [3.8, 4) is 34.6 Å². The molecule has 0 aliphatic heterocycles. The number of rotatable bonds is 8. The van der Waals surface area contributed by atoms with Crippen LogP contribution in [0.25, 0.3) is 16.9 Å². The quantitative estimate of drug-likeness (QED) is 0.578. The molecule has 1 N–H and O–H groups in total. The van der Waals surface area contributed by atoms with Gasteiger partial charge in [0, 0.05) is 16.7 Å². The van der Waals surface area contributed by atoms with Crippen LogP contribution in [0.15, 0.2) is 30.6 Å². The number of halogens is 2. The Morgan fingerprint density at radius 1 is 1.23 bits per heavy atom. The Balaban J connectivity index is 2.21. The van der Waals surface area contributed by atoms with Crippen LogP contribution in [0.4, 0.5) is 8.78 Å². The van der Waals surface area contributed by atoms with Gasteiger partial charge in [0.05, 0.1) is 43.3 Å². The van der Waals surface area contributed by atoms with Crippen molar-refractivity contribution in [2.24, 2.45) is 0 Å². The lowest BCUT2D eigenvalue weighted by Gasteiger charge is -2.21.